The predicted molar refractivity (Wildman–Crippen MR) is 61.4 cm³/mol. The molecule has 0 heterocycles. The van der Waals surface area contributed by atoms with Crippen molar-refractivity contribution in [2.75, 3.05) is 0 Å². The van der Waals surface area contributed by atoms with Gasteiger partial charge in [0.05, 0.1) is 5.48 Å². The lowest BCUT2D eigenvalue weighted by Gasteiger charge is -2.03. The molecule has 2 aromatic carbocycles. The quantitative estimate of drug-likeness (QED) is 0.632. The van der Waals surface area contributed by atoms with Gasteiger partial charge in [0.25, 0.3) is 0 Å². The molecule has 2 aromatic rings. The van der Waals surface area contributed by atoms with Gasteiger partial charge in [0, 0.05) is 0 Å². The van der Waals surface area contributed by atoms with Crippen molar-refractivity contribution in [1.82, 2.24) is 0 Å². The number of hydrogen-bond donors (Lipinski definition) is 0. The molecule has 0 nitrogen and oxygen atoms in total. The zero-order valence-corrected chi connectivity index (χ0v) is 8.31. The van der Waals surface area contributed by atoms with Crippen LogP contribution < -0.4 is 0 Å². The summed E-state index contributed by atoms with van der Waals surface area (Å²) in [6, 6.07) is 7.69. The predicted octanol–water partition coefficient (Wildman–Crippen LogP) is 3.97. The fourth-order valence-corrected chi connectivity index (χ4v) is 1.37. The van der Waals surface area contributed by atoms with Crippen molar-refractivity contribution in [2.24, 2.45) is 0 Å². The minimum atomic E-state index is 0.247. The highest BCUT2D eigenvalue weighted by Crippen LogP contribution is 2.20. The Balaban J connectivity index is 2.69. The molecule has 0 aliphatic rings. The maximum atomic E-state index is 7.92. The summed E-state index contributed by atoms with van der Waals surface area (Å²) in [4.78, 5) is 0. The van der Waals surface area contributed by atoms with Gasteiger partial charge >= 0.3 is 0 Å². The van der Waals surface area contributed by atoms with Crippen LogP contribution in [0.25, 0.3) is 11.1 Å². The molecule has 0 aliphatic carbocycles. The summed E-state index contributed by atoms with van der Waals surface area (Å²) >= 11 is 0. The average molecular weight is 186 g/mol. The minimum Gasteiger partial charge on any atom is -0.0614 e. The van der Waals surface area contributed by atoms with E-state index in [0.717, 1.165) is 11.1 Å². The van der Waals surface area contributed by atoms with Gasteiger partial charge in [-0.25, -0.2) is 0 Å². The first kappa shape index (κ1) is 5.35. The first-order valence-corrected chi connectivity index (χ1v) is 4.56. The lowest BCUT2D eigenvalue weighted by atomic mass is 10.0. The molecule has 0 unspecified atom stereocenters. The number of aryl methyl sites for hydroxylation is 2. The maximum absolute atomic E-state index is 7.92. The van der Waals surface area contributed by atoms with Crippen molar-refractivity contribution in [1.29, 1.82) is 0 Å². The second-order valence-corrected chi connectivity index (χ2v) is 3.35. The summed E-state index contributed by atoms with van der Waals surface area (Å²) in [6.07, 6.45) is 0. The molecular weight excluding hydrogens is 168 g/mol. The Morgan fingerprint density at radius 3 is 1.64 bits per heavy atom. The molecule has 0 saturated carbocycles. The van der Waals surface area contributed by atoms with Crippen LogP contribution >= 0.6 is 0 Å². The Kier molecular flexibility index (Phi) is 1.40. The first-order valence-electron chi connectivity index (χ1n) is 6.56. The van der Waals surface area contributed by atoms with E-state index in [1.54, 1.807) is 12.1 Å². The summed E-state index contributed by atoms with van der Waals surface area (Å²) in [6.45, 7) is 3.64. The van der Waals surface area contributed by atoms with Crippen molar-refractivity contribution in [3.05, 3.63) is 59.6 Å². The second-order valence-electron chi connectivity index (χ2n) is 3.35. The normalized spacial score (nSPS) is 14.1. The van der Waals surface area contributed by atoms with Crippen LogP contribution in [0.15, 0.2) is 48.4 Å². The van der Waals surface area contributed by atoms with Gasteiger partial charge in [0.2, 0.25) is 0 Å². The Morgan fingerprint density at radius 2 is 1.21 bits per heavy atom. The van der Waals surface area contributed by atoms with Gasteiger partial charge in [-0.2, -0.15) is 0 Å². The number of benzene rings is 2. The van der Waals surface area contributed by atoms with Crippen LogP contribution in [0.5, 0.6) is 0 Å². The summed E-state index contributed by atoms with van der Waals surface area (Å²) in [7, 11) is 0. The van der Waals surface area contributed by atoms with Crippen LogP contribution in [-0.4, -0.2) is 0 Å². The Labute approximate surface area is 90.8 Å². The maximum Gasteiger partial charge on any atom is 0.0629 e. The summed E-state index contributed by atoms with van der Waals surface area (Å²) in [5, 5.41) is 0. The van der Waals surface area contributed by atoms with E-state index in [4.69, 9.17) is 5.48 Å². The fraction of sp³-hybridized carbons (Fsp3) is 0.143. The van der Waals surface area contributed by atoms with E-state index in [-0.39, 0.29) is 12.1 Å². The van der Waals surface area contributed by atoms with E-state index in [0.29, 0.717) is 23.2 Å². The monoisotopic (exact) mass is 186 g/mol. The summed E-state index contributed by atoms with van der Waals surface area (Å²) < 4.78 is 31.1. The molecule has 2 rings (SSSR count). The molecular formula is C14H14. The topological polar surface area (TPSA) is 0 Å². The molecule has 0 amide bonds. The number of rotatable bonds is 1. The Bertz CT molecular complexity index is 562. The van der Waals surface area contributed by atoms with Gasteiger partial charge < -0.3 is 0 Å². The summed E-state index contributed by atoms with van der Waals surface area (Å²) in [5.41, 5.74) is 2.87. The van der Waals surface area contributed by atoms with Crippen LogP contribution in [-0.2, 0) is 0 Å². The van der Waals surface area contributed by atoms with E-state index in [9.17, 15) is 0 Å². The van der Waals surface area contributed by atoms with E-state index < -0.39 is 0 Å². The van der Waals surface area contributed by atoms with Gasteiger partial charge in [0.1, 0.15) is 0 Å². The molecule has 0 radical (unpaired) electrons. The molecule has 0 aliphatic heterocycles. The molecule has 0 N–H and O–H groups in total. The van der Waals surface area contributed by atoms with Crippen LogP contribution in [0.4, 0.5) is 0 Å². The fourth-order valence-electron chi connectivity index (χ4n) is 1.37. The third-order valence-corrected chi connectivity index (χ3v) is 2.07. The van der Waals surface area contributed by atoms with Crippen molar-refractivity contribution in [3.8, 4) is 11.1 Å². The SMILES string of the molecule is [2H]c1cc([2H])c(-c2cc(C)c([2H])cc2[2H])cc1C. The molecule has 0 fully saturated rings. The Morgan fingerprint density at radius 1 is 0.786 bits per heavy atom. The van der Waals surface area contributed by atoms with Gasteiger partial charge in [-0.3, -0.25) is 0 Å². The Hall–Kier alpha value is -1.56. The van der Waals surface area contributed by atoms with Crippen molar-refractivity contribution in [3.63, 3.8) is 0 Å². The molecule has 70 valence electrons. The molecule has 0 aromatic heterocycles. The molecule has 0 atom stereocenters. The van der Waals surface area contributed by atoms with E-state index in [2.05, 4.69) is 0 Å². The molecule has 0 spiro atoms. The molecule has 14 heavy (non-hydrogen) atoms. The standard InChI is InChI=1S/C14H14/c1-11-5-3-7-13(9-11)14-8-4-6-12(2)10-14/h3-10H,1-2H3/i5D,6D,7D,8D. The van der Waals surface area contributed by atoms with Crippen LogP contribution in [0.3, 0.4) is 0 Å². The second kappa shape index (κ2) is 3.67. The lowest BCUT2D eigenvalue weighted by molar-refractivity contribution is 1.44. The summed E-state index contributed by atoms with van der Waals surface area (Å²) in [5.74, 6) is 0. The van der Waals surface area contributed by atoms with Gasteiger partial charge in [-0.15, -0.1) is 0 Å². The van der Waals surface area contributed by atoms with Crippen LogP contribution in [0.1, 0.15) is 16.6 Å². The van der Waals surface area contributed by atoms with E-state index in [1.807, 2.05) is 13.8 Å². The molecule has 0 bridgehead atoms. The zero-order chi connectivity index (χ0) is 13.4. The molecule has 0 heteroatoms. The van der Waals surface area contributed by atoms with Crippen molar-refractivity contribution < 1.29 is 5.48 Å². The smallest absolute Gasteiger partial charge is 0.0614 e. The third kappa shape index (κ3) is 1.85. The third-order valence-electron chi connectivity index (χ3n) is 2.07. The highest BCUT2D eigenvalue weighted by molar-refractivity contribution is 5.64. The highest BCUT2D eigenvalue weighted by atomic mass is 14.0. The van der Waals surface area contributed by atoms with Gasteiger partial charge in [0.15, 0.2) is 0 Å². The van der Waals surface area contributed by atoms with Crippen LogP contribution in [0.2, 0.25) is 0 Å². The minimum absolute atomic E-state index is 0.247. The first-order chi connectivity index (χ1) is 8.40. The lowest BCUT2D eigenvalue weighted by Crippen LogP contribution is -1.80. The highest BCUT2D eigenvalue weighted by Gasteiger charge is 1.96. The van der Waals surface area contributed by atoms with E-state index in [1.165, 1.54) is 12.1 Å². The average Bonchev–Trinajstić information content (AvgIpc) is 2.29. The van der Waals surface area contributed by atoms with Crippen molar-refractivity contribution in [2.45, 2.75) is 13.8 Å². The van der Waals surface area contributed by atoms with Crippen LogP contribution in [0, 0.1) is 13.8 Å². The van der Waals surface area contributed by atoms with E-state index >= 15 is 0 Å². The van der Waals surface area contributed by atoms with Gasteiger partial charge in [-0.05, 0) is 25.0 Å². The zero-order valence-electron chi connectivity index (χ0n) is 12.3. The molecule has 0 saturated heterocycles. The largest absolute Gasteiger partial charge is 0.0629 e. The van der Waals surface area contributed by atoms with Gasteiger partial charge in [-0.1, -0.05) is 59.6 Å². The number of hydrogen-bond acceptors (Lipinski definition) is 0. The van der Waals surface area contributed by atoms with Crippen molar-refractivity contribution >= 4 is 0 Å².